The minimum Gasteiger partial charge on any atom is -0.444 e. The Kier molecular flexibility index (Phi) is 6.14. The van der Waals surface area contributed by atoms with Crippen LogP contribution in [-0.2, 0) is 11.3 Å². The summed E-state index contributed by atoms with van der Waals surface area (Å²) in [7, 11) is 0. The van der Waals surface area contributed by atoms with E-state index in [1.165, 1.54) is 0 Å². The molecule has 0 bridgehead atoms. The molecule has 1 heterocycles. The molecule has 7 nitrogen and oxygen atoms in total. The zero-order chi connectivity index (χ0) is 18.4. The zero-order valence-electron chi connectivity index (χ0n) is 15.5. The first kappa shape index (κ1) is 18.9. The third kappa shape index (κ3) is 5.56. The first-order valence-electron chi connectivity index (χ1n) is 8.53. The van der Waals surface area contributed by atoms with Crippen molar-refractivity contribution >= 4 is 11.9 Å². The summed E-state index contributed by atoms with van der Waals surface area (Å²) >= 11 is 0. The molecule has 2 N–H and O–H groups in total. The van der Waals surface area contributed by atoms with Crippen molar-refractivity contribution in [1.29, 1.82) is 0 Å². The number of carbonyl (C=O) groups excluding carboxylic acids is 1. The van der Waals surface area contributed by atoms with Gasteiger partial charge < -0.3 is 10.1 Å². The van der Waals surface area contributed by atoms with Crippen LogP contribution < -0.4 is 10.6 Å². The minimum absolute atomic E-state index is 0.341. The van der Waals surface area contributed by atoms with E-state index in [4.69, 9.17) is 4.74 Å². The van der Waals surface area contributed by atoms with E-state index < -0.39 is 11.7 Å². The van der Waals surface area contributed by atoms with Gasteiger partial charge in [-0.15, -0.1) is 5.10 Å². The van der Waals surface area contributed by atoms with Crippen molar-refractivity contribution in [2.24, 2.45) is 0 Å². The highest BCUT2D eigenvalue weighted by atomic mass is 16.6. The Hall–Kier alpha value is -2.41. The van der Waals surface area contributed by atoms with Gasteiger partial charge >= 0.3 is 6.09 Å². The molecule has 0 aliphatic carbocycles. The Bertz CT molecular complexity index is 691. The molecule has 1 atom stereocenters. The Morgan fingerprint density at radius 2 is 1.96 bits per heavy atom. The van der Waals surface area contributed by atoms with E-state index in [0.717, 1.165) is 17.8 Å². The fraction of sp³-hybridized carbons (Fsp3) is 0.500. The van der Waals surface area contributed by atoms with Gasteiger partial charge in [0.05, 0.1) is 5.69 Å². The van der Waals surface area contributed by atoms with E-state index in [9.17, 15) is 4.79 Å². The SMILES string of the molecule is CCC(C)NCc1c(NC(=O)OC(C)(C)C)nnn1-c1ccccc1. The minimum atomic E-state index is -0.575. The fourth-order valence-electron chi connectivity index (χ4n) is 2.15. The van der Waals surface area contributed by atoms with Gasteiger partial charge in [-0.05, 0) is 46.2 Å². The van der Waals surface area contributed by atoms with Crippen molar-refractivity contribution in [3.8, 4) is 5.69 Å². The first-order valence-corrected chi connectivity index (χ1v) is 8.53. The summed E-state index contributed by atoms with van der Waals surface area (Å²) in [4.78, 5) is 12.1. The number of nitrogens with zero attached hydrogens (tertiary/aromatic N) is 3. The van der Waals surface area contributed by atoms with E-state index in [1.54, 1.807) is 4.68 Å². The highest BCUT2D eigenvalue weighted by Gasteiger charge is 2.21. The number of amides is 1. The normalized spacial score (nSPS) is 12.7. The maximum Gasteiger partial charge on any atom is 0.413 e. The highest BCUT2D eigenvalue weighted by molar-refractivity contribution is 5.84. The standard InChI is InChI=1S/C18H27N5O2/c1-6-13(2)19-12-15-16(20-17(24)25-18(3,4)5)21-22-23(15)14-10-8-7-9-11-14/h7-11,13,19H,6,12H2,1-5H3,(H,20,24). The number of ether oxygens (including phenoxy) is 1. The molecule has 0 aliphatic heterocycles. The van der Waals surface area contributed by atoms with E-state index in [1.807, 2.05) is 51.1 Å². The van der Waals surface area contributed by atoms with Crippen LogP contribution in [-0.4, -0.2) is 32.7 Å². The largest absolute Gasteiger partial charge is 0.444 e. The molecule has 136 valence electrons. The van der Waals surface area contributed by atoms with Gasteiger partial charge in [-0.25, -0.2) is 9.48 Å². The summed E-state index contributed by atoms with van der Waals surface area (Å²) in [5.41, 5.74) is 1.08. The summed E-state index contributed by atoms with van der Waals surface area (Å²) in [6, 6.07) is 10.0. The number of carbonyl (C=O) groups is 1. The van der Waals surface area contributed by atoms with Crippen LogP contribution in [0.3, 0.4) is 0 Å². The monoisotopic (exact) mass is 345 g/mol. The number of anilines is 1. The number of aromatic nitrogens is 3. The topological polar surface area (TPSA) is 81.1 Å². The molecular weight excluding hydrogens is 318 g/mol. The van der Waals surface area contributed by atoms with Gasteiger partial charge in [0.1, 0.15) is 11.3 Å². The van der Waals surface area contributed by atoms with Gasteiger partial charge in [0.25, 0.3) is 0 Å². The Balaban J connectivity index is 2.26. The van der Waals surface area contributed by atoms with Gasteiger partial charge in [-0.1, -0.05) is 30.3 Å². The molecule has 25 heavy (non-hydrogen) atoms. The van der Waals surface area contributed by atoms with E-state index in [-0.39, 0.29) is 0 Å². The molecule has 2 rings (SSSR count). The second kappa shape index (κ2) is 8.11. The van der Waals surface area contributed by atoms with Crippen molar-refractivity contribution in [2.75, 3.05) is 5.32 Å². The van der Waals surface area contributed by atoms with Crippen LogP contribution in [0, 0.1) is 0 Å². The molecule has 0 fully saturated rings. The lowest BCUT2D eigenvalue weighted by Crippen LogP contribution is -2.29. The van der Waals surface area contributed by atoms with Crippen LogP contribution in [0.25, 0.3) is 5.69 Å². The van der Waals surface area contributed by atoms with Gasteiger partial charge in [-0.2, -0.15) is 0 Å². The van der Waals surface area contributed by atoms with Crippen molar-refractivity contribution in [1.82, 2.24) is 20.3 Å². The Morgan fingerprint density at radius 1 is 1.28 bits per heavy atom. The quantitative estimate of drug-likeness (QED) is 0.837. The maximum absolute atomic E-state index is 12.1. The smallest absolute Gasteiger partial charge is 0.413 e. The maximum atomic E-state index is 12.1. The van der Waals surface area contributed by atoms with E-state index in [2.05, 4.69) is 34.8 Å². The van der Waals surface area contributed by atoms with Gasteiger partial charge in [0.15, 0.2) is 5.82 Å². The second-order valence-corrected chi connectivity index (χ2v) is 6.95. The first-order chi connectivity index (χ1) is 11.8. The Morgan fingerprint density at radius 3 is 2.56 bits per heavy atom. The molecule has 7 heteroatoms. The van der Waals surface area contributed by atoms with Crippen molar-refractivity contribution < 1.29 is 9.53 Å². The predicted molar refractivity (Wildman–Crippen MR) is 97.8 cm³/mol. The second-order valence-electron chi connectivity index (χ2n) is 6.95. The molecule has 0 aliphatic rings. The van der Waals surface area contributed by atoms with Crippen LogP contribution >= 0.6 is 0 Å². The summed E-state index contributed by atoms with van der Waals surface area (Å²) in [6.45, 7) is 10.2. The average Bonchev–Trinajstić information content (AvgIpc) is 2.94. The number of benzene rings is 1. The third-order valence-corrected chi connectivity index (χ3v) is 3.61. The van der Waals surface area contributed by atoms with Crippen LogP contribution in [0.4, 0.5) is 10.6 Å². The molecule has 1 aromatic carbocycles. The van der Waals surface area contributed by atoms with Crippen LogP contribution in [0.15, 0.2) is 30.3 Å². The predicted octanol–water partition coefficient (Wildman–Crippen LogP) is 3.50. The molecule has 0 saturated heterocycles. The zero-order valence-corrected chi connectivity index (χ0v) is 15.5. The van der Waals surface area contributed by atoms with Gasteiger partial charge in [0, 0.05) is 12.6 Å². The molecule has 0 saturated carbocycles. The van der Waals surface area contributed by atoms with E-state index in [0.29, 0.717) is 18.4 Å². The highest BCUT2D eigenvalue weighted by Crippen LogP contribution is 2.18. The van der Waals surface area contributed by atoms with E-state index >= 15 is 0 Å². The number of para-hydroxylation sites is 1. The van der Waals surface area contributed by atoms with Crippen molar-refractivity contribution in [3.05, 3.63) is 36.0 Å². The summed E-state index contributed by atoms with van der Waals surface area (Å²) in [6.07, 6.45) is 0.458. The van der Waals surface area contributed by atoms with Crippen LogP contribution in [0.5, 0.6) is 0 Å². The summed E-state index contributed by atoms with van der Waals surface area (Å²) in [5, 5.41) is 14.4. The van der Waals surface area contributed by atoms with Crippen LogP contribution in [0.2, 0.25) is 0 Å². The molecular formula is C18H27N5O2. The Labute approximate surface area is 148 Å². The lowest BCUT2D eigenvalue weighted by Gasteiger charge is -2.19. The molecule has 0 spiro atoms. The third-order valence-electron chi connectivity index (χ3n) is 3.61. The van der Waals surface area contributed by atoms with Crippen LogP contribution in [0.1, 0.15) is 46.7 Å². The molecule has 2 aromatic rings. The molecule has 1 amide bonds. The lowest BCUT2D eigenvalue weighted by atomic mass is 10.2. The summed E-state index contributed by atoms with van der Waals surface area (Å²) in [5.74, 6) is 0.397. The number of nitrogens with one attached hydrogen (secondary N) is 2. The van der Waals surface area contributed by atoms with Crippen molar-refractivity contribution in [2.45, 2.75) is 59.2 Å². The number of hydrogen-bond donors (Lipinski definition) is 2. The average molecular weight is 345 g/mol. The van der Waals surface area contributed by atoms with Gasteiger partial charge in [-0.3, -0.25) is 5.32 Å². The fourth-order valence-corrected chi connectivity index (χ4v) is 2.15. The van der Waals surface area contributed by atoms with Gasteiger partial charge in [0.2, 0.25) is 0 Å². The van der Waals surface area contributed by atoms with Crippen molar-refractivity contribution in [3.63, 3.8) is 0 Å². The molecule has 1 aromatic heterocycles. The molecule has 1 unspecified atom stereocenters. The summed E-state index contributed by atoms with van der Waals surface area (Å²) < 4.78 is 7.04. The number of rotatable bonds is 6. The number of hydrogen-bond acceptors (Lipinski definition) is 5. The lowest BCUT2D eigenvalue weighted by molar-refractivity contribution is 0.0635. The molecule has 0 radical (unpaired) electrons.